The van der Waals surface area contributed by atoms with Crippen LogP contribution in [0, 0.1) is 0 Å². The molecule has 2 atom stereocenters. The summed E-state index contributed by atoms with van der Waals surface area (Å²) in [5.74, 6) is 0. The Balaban J connectivity index is 3.56. The number of nitrogens with two attached hydrogens (primary N) is 1. The van der Waals surface area contributed by atoms with E-state index in [2.05, 4.69) is 5.32 Å². The molecule has 0 aromatic rings. The molecule has 0 amide bonds. The Bertz CT molecular complexity index is 90.5. The standard InChI is InChI=1S/C7H18N2O2/c1-2-6(8)7(5-11)9-3-4-10/h6-7,9-11H,2-5,8H2,1H3. The molecule has 4 nitrogen and oxygen atoms in total. The second-order valence-corrected chi connectivity index (χ2v) is 2.54. The lowest BCUT2D eigenvalue weighted by atomic mass is 10.1. The molecule has 0 aliphatic rings. The highest BCUT2D eigenvalue weighted by molar-refractivity contribution is 4.76. The van der Waals surface area contributed by atoms with Crippen LogP contribution >= 0.6 is 0 Å². The van der Waals surface area contributed by atoms with Crippen LogP contribution in [0.5, 0.6) is 0 Å². The number of hydrogen-bond acceptors (Lipinski definition) is 4. The SMILES string of the molecule is CCC(N)C(CO)NCCO. The van der Waals surface area contributed by atoms with Crippen molar-refractivity contribution in [1.82, 2.24) is 5.32 Å². The van der Waals surface area contributed by atoms with E-state index in [0.29, 0.717) is 6.54 Å². The van der Waals surface area contributed by atoms with Crippen molar-refractivity contribution in [1.29, 1.82) is 0 Å². The van der Waals surface area contributed by atoms with Crippen LogP contribution < -0.4 is 11.1 Å². The second kappa shape index (κ2) is 6.54. The van der Waals surface area contributed by atoms with Gasteiger partial charge in [0.15, 0.2) is 0 Å². The minimum absolute atomic E-state index is 0.0228. The summed E-state index contributed by atoms with van der Waals surface area (Å²) < 4.78 is 0. The summed E-state index contributed by atoms with van der Waals surface area (Å²) in [5.41, 5.74) is 5.66. The van der Waals surface area contributed by atoms with Crippen LogP contribution in [0.2, 0.25) is 0 Å². The first-order chi connectivity index (χ1) is 5.26. The third-order valence-corrected chi connectivity index (χ3v) is 1.70. The normalized spacial score (nSPS) is 16.4. The summed E-state index contributed by atoms with van der Waals surface area (Å²) in [7, 11) is 0. The zero-order valence-corrected chi connectivity index (χ0v) is 6.95. The van der Waals surface area contributed by atoms with Gasteiger partial charge in [-0.25, -0.2) is 0 Å². The van der Waals surface area contributed by atoms with Crippen LogP contribution in [0.25, 0.3) is 0 Å². The average molecular weight is 162 g/mol. The van der Waals surface area contributed by atoms with Crippen LogP contribution in [0.3, 0.4) is 0 Å². The van der Waals surface area contributed by atoms with Crippen molar-refractivity contribution in [3.8, 4) is 0 Å². The van der Waals surface area contributed by atoms with E-state index < -0.39 is 0 Å². The predicted octanol–water partition coefficient (Wildman–Crippen LogP) is -1.33. The van der Waals surface area contributed by atoms with Crippen LogP contribution in [0.1, 0.15) is 13.3 Å². The van der Waals surface area contributed by atoms with Crippen molar-refractivity contribution in [3.05, 3.63) is 0 Å². The van der Waals surface area contributed by atoms with Gasteiger partial charge >= 0.3 is 0 Å². The topological polar surface area (TPSA) is 78.5 Å². The highest BCUT2D eigenvalue weighted by Gasteiger charge is 2.13. The van der Waals surface area contributed by atoms with Gasteiger partial charge in [0, 0.05) is 18.6 Å². The maximum absolute atomic E-state index is 8.83. The first-order valence-electron chi connectivity index (χ1n) is 3.96. The van der Waals surface area contributed by atoms with Gasteiger partial charge in [-0.1, -0.05) is 6.92 Å². The van der Waals surface area contributed by atoms with Gasteiger partial charge in [0.25, 0.3) is 0 Å². The molecule has 0 aromatic carbocycles. The Morgan fingerprint density at radius 1 is 1.45 bits per heavy atom. The lowest BCUT2D eigenvalue weighted by Gasteiger charge is -2.21. The first-order valence-corrected chi connectivity index (χ1v) is 3.96. The number of hydrogen-bond donors (Lipinski definition) is 4. The molecule has 0 spiro atoms. The Morgan fingerprint density at radius 2 is 2.09 bits per heavy atom. The van der Waals surface area contributed by atoms with E-state index in [4.69, 9.17) is 15.9 Å². The van der Waals surface area contributed by atoms with E-state index in [1.54, 1.807) is 0 Å². The summed E-state index contributed by atoms with van der Waals surface area (Å²) in [4.78, 5) is 0. The molecule has 0 aromatic heterocycles. The van der Waals surface area contributed by atoms with Gasteiger partial charge in [0.1, 0.15) is 0 Å². The minimum atomic E-state index is -0.0906. The minimum Gasteiger partial charge on any atom is -0.395 e. The van der Waals surface area contributed by atoms with Gasteiger partial charge in [-0.05, 0) is 6.42 Å². The Morgan fingerprint density at radius 3 is 2.45 bits per heavy atom. The molecule has 4 heteroatoms. The molecule has 2 unspecified atom stereocenters. The zero-order valence-electron chi connectivity index (χ0n) is 6.95. The van der Waals surface area contributed by atoms with Crippen LogP contribution in [0.15, 0.2) is 0 Å². The van der Waals surface area contributed by atoms with E-state index in [1.807, 2.05) is 6.92 Å². The van der Waals surface area contributed by atoms with Gasteiger partial charge in [-0.15, -0.1) is 0 Å². The maximum atomic E-state index is 8.83. The van der Waals surface area contributed by atoms with Gasteiger partial charge in [0.2, 0.25) is 0 Å². The Labute approximate surface area is 67.4 Å². The molecule has 0 fully saturated rings. The molecular formula is C7H18N2O2. The van der Waals surface area contributed by atoms with Crippen LogP contribution in [0.4, 0.5) is 0 Å². The molecule has 0 aliphatic heterocycles. The highest BCUT2D eigenvalue weighted by atomic mass is 16.3. The van der Waals surface area contributed by atoms with E-state index in [-0.39, 0.29) is 25.3 Å². The third-order valence-electron chi connectivity index (χ3n) is 1.70. The molecule has 0 heterocycles. The maximum Gasteiger partial charge on any atom is 0.0599 e. The summed E-state index contributed by atoms with van der Waals surface area (Å²) in [5, 5.41) is 20.3. The molecular weight excluding hydrogens is 144 g/mol. The fourth-order valence-corrected chi connectivity index (χ4v) is 0.886. The lowest BCUT2D eigenvalue weighted by Crippen LogP contribution is -2.48. The number of aliphatic hydroxyl groups is 2. The van der Waals surface area contributed by atoms with Crippen molar-refractivity contribution in [3.63, 3.8) is 0 Å². The molecule has 0 bridgehead atoms. The summed E-state index contributed by atoms with van der Waals surface area (Å²) in [6.45, 7) is 2.55. The Kier molecular flexibility index (Phi) is 6.45. The zero-order chi connectivity index (χ0) is 8.69. The van der Waals surface area contributed by atoms with E-state index in [0.717, 1.165) is 6.42 Å². The van der Waals surface area contributed by atoms with E-state index in [1.165, 1.54) is 0 Å². The summed E-state index contributed by atoms with van der Waals surface area (Å²) in [6, 6.07) is -0.126. The van der Waals surface area contributed by atoms with Crippen LogP contribution in [-0.4, -0.2) is 42.1 Å². The van der Waals surface area contributed by atoms with Crippen molar-refractivity contribution in [2.45, 2.75) is 25.4 Å². The molecule has 0 saturated carbocycles. The fraction of sp³-hybridized carbons (Fsp3) is 1.00. The quantitative estimate of drug-likeness (QED) is 0.390. The fourth-order valence-electron chi connectivity index (χ4n) is 0.886. The Hall–Kier alpha value is -0.160. The smallest absolute Gasteiger partial charge is 0.0599 e. The predicted molar refractivity (Wildman–Crippen MR) is 44.2 cm³/mol. The van der Waals surface area contributed by atoms with Crippen molar-refractivity contribution >= 4 is 0 Å². The van der Waals surface area contributed by atoms with Crippen molar-refractivity contribution in [2.24, 2.45) is 5.73 Å². The molecule has 0 aliphatic carbocycles. The molecule has 0 radical (unpaired) electrons. The monoisotopic (exact) mass is 162 g/mol. The summed E-state index contributed by atoms with van der Waals surface area (Å²) >= 11 is 0. The average Bonchev–Trinajstić information content (AvgIpc) is 2.05. The highest BCUT2D eigenvalue weighted by Crippen LogP contribution is 1.93. The molecule has 5 N–H and O–H groups in total. The van der Waals surface area contributed by atoms with Crippen molar-refractivity contribution in [2.75, 3.05) is 19.8 Å². The largest absolute Gasteiger partial charge is 0.395 e. The lowest BCUT2D eigenvalue weighted by molar-refractivity contribution is 0.207. The number of rotatable bonds is 6. The molecule has 11 heavy (non-hydrogen) atoms. The first kappa shape index (κ1) is 10.8. The third kappa shape index (κ3) is 4.31. The van der Waals surface area contributed by atoms with Gasteiger partial charge in [0.05, 0.1) is 13.2 Å². The number of aliphatic hydroxyl groups excluding tert-OH is 2. The van der Waals surface area contributed by atoms with Gasteiger partial charge in [-0.3, -0.25) is 0 Å². The van der Waals surface area contributed by atoms with Crippen LogP contribution in [-0.2, 0) is 0 Å². The van der Waals surface area contributed by atoms with Gasteiger partial charge in [-0.2, -0.15) is 0 Å². The molecule has 0 saturated heterocycles. The van der Waals surface area contributed by atoms with Gasteiger partial charge < -0.3 is 21.3 Å². The van der Waals surface area contributed by atoms with E-state index >= 15 is 0 Å². The second-order valence-electron chi connectivity index (χ2n) is 2.54. The molecule has 68 valence electrons. The summed E-state index contributed by atoms with van der Waals surface area (Å²) in [6.07, 6.45) is 0.823. The van der Waals surface area contributed by atoms with E-state index in [9.17, 15) is 0 Å². The molecule has 0 rings (SSSR count). The van der Waals surface area contributed by atoms with Crippen molar-refractivity contribution < 1.29 is 10.2 Å². The number of nitrogens with one attached hydrogen (secondary N) is 1.